The quantitative estimate of drug-likeness (QED) is 0.305. The Morgan fingerprint density at radius 2 is 0.895 bits per heavy atom. The molecule has 0 aliphatic heterocycles. The van der Waals surface area contributed by atoms with Gasteiger partial charge in [-0.05, 0) is 0 Å². The average Bonchev–Trinajstić information content (AvgIpc) is 3.44. The van der Waals surface area contributed by atoms with Crippen molar-refractivity contribution >= 4 is 28.7 Å². The molecule has 2 aliphatic rings. The number of fused-ring (bicyclic) bond motifs is 2. The molecule has 0 N–H and O–H groups in total. The van der Waals surface area contributed by atoms with Crippen molar-refractivity contribution in [3.63, 3.8) is 0 Å². The van der Waals surface area contributed by atoms with Crippen LogP contribution in [0.5, 0.6) is 0 Å². The van der Waals surface area contributed by atoms with Gasteiger partial charge in [-0.2, -0.15) is 0 Å². The normalized spacial score (nSPS) is 16.6. The summed E-state index contributed by atoms with van der Waals surface area (Å²) in [6.45, 7) is 9.80. The van der Waals surface area contributed by atoms with E-state index < -0.39 is 25.8 Å². The first-order valence-corrected chi connectivity index (χ1v) is 22.0. The minimum atomic E-state index is -2.23. The van der Waals surface area contributed by atoms with Crippen molar-refractivity contribution in [3.8, 4) is 0 Å². The Morgan fingerprint density at radius 3 is 1.29 bits per heavy atom. The Balaban J connectivity index is 0.00000168. The van der Waals surface area contributed by atoms with Gasteiger partial charge in [-0.15, -0.1) is 0 Å². The number of rotatable bonds is 4. The Hall–Kier alpha value is -1.96. The van der Waals surface area contributed by atoms with Crippen LogP contribution in [0, 0.1) is 13.8 Å². The predicted octanol–water partition coefficient (Wildman–Crippen LogP) is 3.07. The molecule has 2 atom stereocenters. The second-order valence-electron chi connectivity index (χ2n) is 10.4. The van der Waals surface area contributed by atoms with Crippen LogP contribution in [0.3, 0.4) is 0 Å². The van der Waals surface area contributed by atoms with Gasteiger partial charge in [0.25, 0.3) is 0 Å². The summed E-state index contributed by atoms with van der Waals surface area (Å²) in [6, 6.07) is 36.6. The van der Waals surface area contributed by atoms with Crippen molar-refractivity contribution in [2.75, 3.05) is 0 Å². The molecule has 0 fully saturated rings. The van der Waals surface area contributed by atoms with E-state index in [4.69, 9.17) is 0 Å². The molecule has 0 aromatic heterocycles. The molecule has 38 heavy (non-hydrogen) atoms. The van der Waals surface area contributed by atoms with Crippen LogP contribution in [-0.4, -0.2) is 5.43 Å². The average molecular weight is 631 g/mol. The molecule has 0 bridgehead atoms. The van der Waals surface area contributed by atoms with E-state index in [1.165, 1.54) is 33.4 Å². The monoisotopic (exact) mass is 628 g/mol. The zero-order valence-electron chi connectivity index (χ0n) is 22.3. The maximum absolute atomic E-state index is 2.62. The van der Waals surface area contributed by atoms with Crippen molar-refractivity contribution in [1.82, 2.24) is 0 Å². The summed E-state index contributed by atoms with van der Waals surface area (Å²) in [5.74, 6) is 0. The fraction of sp³-hybridized carbons (Fsp3) is 0.176. The maximum atomic E-state index is 2.62. The fourth-order valence-electron chi connectivity index (χ4n) is 6.32. The molecular weight excluding hydrogens is 599 g/mol. The minimum absolute atomic E-state index is 0. The summed E-state index contributed by atoms with van der Waals surface area (Å²) in [5.41, 5.74) is 14.4. The second-order valence-corrected chi connectivity index (χ2v) is 28.3. The molecule has 0 saturated carbocycles. The van der Waals surface area contributed by atoms with Crippen LogP contribution in [0.2, 0.25) is 13.1 Å². The first-order valence-electron chi connectivity index (χ1n) is 12.9. The van der Waals surface area contributed by atoms with Gasteiger partial charge in [-0.25, -0.2) is 0 Å². The Labute approximate surface area is 247 Å². The van der Waals surface area contributed by atoms with E-state index >= 15 is 0 Å². The third-order valence-electron chi connectivity index (χ3n) is 7.97. The largest absolute Gasteiger partial charge is 1.00 e. The number of hydrogen-bond donors (Lipinski definition) is 0. The SMILES string of the molecule is Cc1ccccc1C1=Cc2ccccc2[CH]1[Zr+2]([C@H]1C(c2ccccc2C)=Cc2ccccc21)=[Si](C)C.[Cl-].[Cl-]. The number of aryl methyl sites for hydroxylation is 2. The first-order chi connectivity index (χ1) is 17.5. The molecule has 0 heterocycles. The summed E-state index contributed by atoms with van der Waals surface area (Å²) >= 11 is -2.23. The van der Waals surface area contributed by atoms with E-state index in [1.54, 1.807) is 22.3 Å². The summed E-state index contributed by atoms with van der Waals surface area (Å²) in [4.78, 5) is 0. The van der Waals surface area contributed by atoms with E-state index in [0.29, 0.717) is 7.25 Å². The van der Waals surface area contributed by atoms with Gasteiger partial charge in [0.05, 0.1) is 0 Å². The molecule has 0 nitrogen and oxygen atoms in total. The molecule has 0 radical (unpaired) electrons. The van der Waals surface area contributed by atoms with Crippen LogP contribution in [0.4, 0.5) is 0 Å². The minimum Gasteiger partial charge on any atom is -1.00 e. The summed E-state index contributed by atoms with van der Waals surface area (Å²) in [5, 5.41) is 0. The van der Waals surface area contributed by atoms with Crippen molar-refractivity contribution in [1.29, 1.82) is 0 Å². The van der Waals surface area contributed by atoms with E-state index in [9.17, 15) is 0 Å². The van der Waals surface area contributed by atoms with Crippen LogP contribution in [0.25, 0.3) is 23.3 Å². The van der Waals surface area contributed by atoms with E-state index in [2.05, 4.69) is 136 Å². The molecule has 2 aliphatic carbocycles. The fourth-order valence-corrected chi connectivity index (χ4v) is 26.3. The smallest absolute Gasteiger partial charge is 1.00 e. The Kier molecular flexibility index (Phi) is 9.21. The standard InChI is InChI=1S/2C16H13.C2H6Si.2ClH.Zr/c2*1-12-6-2-5-9-16(12)15-10-13-7-3-4-8-14(13)11-15;1-3-2;;;/h2*2-11H,1H3;1-2H3;2*1H;/q;;;;;+2/p-2. The Morgan fingerprint density at radius 1 is 0.526 bits per heavy atom. The topological polar surface area (TPSA) is 0 Å². The molecular formula is C34H32Cl2SiZr. The van der Waals surface area contributed by atoms with Crippen molar-refractivity contribution in [2.45, 2.75) is 34.2 Å². The number of allylic oxidation sites excluding steroid dienone is 2. The van der Waals surface area contributed by atoms with Crippen LogP contribution in [0.15, 0.2) is 97.1 Å². The van der Waals surface area contributed by atoms with Crippen LogP contribution >= 0.6 is 0 Å². The molecule has 0 saturated heterocycles. The molecule has 4 aromatic rings. The summed E-state index contributed by atoms with van der Waals surface area (Å²) in [6.07, 6.45) is 5.07. The van der Waals surface area contributed by atoms with Gasteiger partial charge in [0.2, 0.25) is 0 Å². The molecule has 0 spiro atoms. The number of benzene rings is 4. The maximum Gasteiger partial charge on any atom is -1.00 e. The van der Waals surface area contributed by atoms with Crippen molar-refractivity contribution < 1.29 is 45.2 Å². The molecule has 0 amide bonds. The zero-order valence-corrected chi connectivity index (χ0v) is 27.3. The Bertz CT molecular complexity index is 1480. The summed E-state index contributed by atoms with van der Waals surface area (Å²) in [7, 11) is 0. The molecule has 1 unspecified atom stereocenters. The predicted molar refractivity (Wildman–Crippen MR) is 154 cm³/mol. The van der Waals surface area contributed by atoms with Gasteiger partial charge in [0.1, 0.15) is 0 Å². The van der Waals surface area contributed by atoms with Gasteiger partial charge < -0.3 is 24.8 Å². The van der Waals surface area contributed by atoms with E-state index in [0.717, 1.165) is 0 Å². The van der Waals surface area contributed by atoms with Crippen LogP contribution in [0.1, 0.15) is 51.8 Å². The zero-order chi connectivity index (χ0) is 24.8. The molecule has 190 valence electrons. The van der Waals surface area contributed by atoms with Crippen LogP contribution < -0.4 is 24.8 Å². The van der Waals surface area contributed by atoms with Gasteiger partial charge >= 0.3 is 225 Å². The van der Waals surface area contributed by atoms with Gasteiger partial charge in [-0.1, -0.05) is 0 Å². The third kappa shape index (κ3) is 5.02. The van der Waals surface area contributed by atoms with E-state index in [1.807, 2.05) is 0 Å². The number of hydrogen-bond acceptors (Lipinski definition) is 0. The van der Waals surface area contributed by atoms with Gasteiger partial charge in [0.15, 0.2) is 0 Å². The number of halogens is 2. The summed E-state index contributed by atoms with van der Waals surface area (Å²) < 4.78 is 1.16. The van der Waals surface area contributed by atoms with Crippen LogP contribution in [-0.2, 0) is 20.4 Å². The third-order valence-corrected chi connectivity index (χ3v) is 27.2. The second kappa shape index (κ2) is 12.1. The van der Waals surface area contributed by atoms with Crippen molar-refractivity contribution in [2.24, 2.45) is 0 Å². The molecule has 4 aromatic carbocycles. The van der Waals surface area contributed by atoms with E-state index in [-0.39, 0.29) is 24.8 Å². The first kappa shape index (κ1) is 29.0. The van der Waals surface area contributed by atoms with Gasteiger partial charge in [-0.3, -0.25) is 0 Å². The molecule has 6 rings (SSSR count). The van der Waals surface area contributed by atoms with Crippen molar-refractivity contribution in [3.05, 3.63) is 142 Å². The molecule has 4 heteroatoms. The van der Waals surface area contributed by atoms with Gasteiger partial charge in [0, 0.05) is 0 Å².